The highest BCUT2D eigenvalue weighted by molar-refractivity contribution is 5.98. The average molecular weight is 488 g/mol. The number of rotatable bonds is 4. The zero-order valence-electron chi connectivity index (χ0n) is 20.3. The molecule has 0 spiro atoms. The molecule has 2 aliphatic rings. The molecule has 36 heavy (non-hydrogen) atoms. The van der Waals surface area contributed by atoms with Gasteiger partial charge in [0.15, 0.2) is 5.65 Å². The molecule has 0 bridgehead atoms. The fourth-order valence-corrected chi connectivity index (χ4v) is 5.13. The third kappa shape index (κ3) is 4.15. The van der Waals surface area contributed by atoms with Gasteiger partial charge in [-0.2, -0.15) is 5.10 Å². The normalized spacial score (nSPS) is 17.3. The van der Waals surface area contributed by atoms with Crippen LogP contribution in [0.4, 0.5) is 5.82 Å². The monoisotopic (exact) mass is 487 g/mol. The van der Waals surface area contributed by atoms with Gasteiger partial charge in [0.25, 0.3) is 5.91 Å². The second-order valence-electron chi connectivity index (χ2n) is 9.41. The van der Waals surface area contributed by atoms with Gasteiger partial charge in [0.1, 0.15) is 17.8 Å². The van der Waals surface area contributed by atoms with Crippen molar-refractivity contribution in [1.29, 1.82) is 0 Å². The van der Waals surface area contributed by atoms with Gasteiger partial charge in [0, 0.05) is 70.3 Å². The number of aromatic amines is 1. The molecule has 11 heteroatoms. The number of nitrogens with zero attached hydrogens (tertiary/aromatic N) is 8. The smallest absolute Gasteiger partial charge is 0.270 e. The fourth-order valence-electron chi connectivity index (χ4n) is 5.13. The molecule has 11 nitrogen and oxygen atoms in total. The minimum absolute atomic E-state index is 0.0146. The van der Waals surface area contributed by atoms with E-state index in [1.807, 2.05) is 47.2 Å². The number of H-pyrrole nitrogens is 1. The molecule has 6 rings (SSSR count). The summed E-state index contributed by atoms with van der Waals surface area (Å²) < 4.78 is 1.74. The standard InChI is InChI=1S/C25H29N9O2/c1-30-23-19(15-28-30)24(27-17-26-23)33-12-10-32(11-13-33)22(35)16-31-6-8-34(9-7-31)25(36)21-14-18-4-2-3-5-20(18)29-21/h2-5,14-15,17,29H,6-13,16H2,1H3. The van der Waals surface area contributed by atoms with Crippen molar-refractivity contribution in [2.75, 3.05) is 63.8 Å². The number of carbonyl (C=O) groups excluding carboxylic acids is 2. The lowest BCUT2D eigenvalue weighted by molar-refractivity contribution is -0.133. The van der Waals surface area contributed by atoms with Crippen LogP contribution < -0.4 is 4.90 Å². The Bertz CT molecular complexity index is 1380. The van der Waals surface area contributed by atoms with Gasteiger partial charge in [-0.3, -0.25) is 19.2 Å². The van der Waals surface area contributed by atoms with Crippen molar-refractivity contribution < 1.29 is 9.59 Å². The SMILES string of the molecule is Cn1ncc2c(N3CCN(C(=O)CN4CCN(C(=O)c5cc6ccccc6[nH]5)CC4)CC3)ncnc21. The first-order valence-electron chi connectivity index (χ1n) is 12.3. The van der Waals surface area contributed by atoms with E-state index in [1.54, 1.807) is 17.2 Å². The van der Waals surface area contributed by atoms with Gasteiger partial charge in [-0.1, -0.05) is 18.2 Å². The van der Waals surface area contributed by atoms with Gasteiger partial charge in [-0.25, -0.2) is 9.97 Å². The summed E-state index contributed by atoms with van der Waals surface area (Å²) in [5.74, 6) is 1.02. The van der Waals surface area contributed by atoms with Gasteiger partial charge in [-0.05, 0) is 12.1 Å². The molecule has 5 heterocycles. The van der Waals surface area contributed by atoms with Crippen molar-refractivity contribution in [2.45, 2.75) is 0 Å². The van der Waals surface area contributed by atoms with Crippen LogP contribution in [0.2, 0.25) is 0 Å². The quantitative estimate of drug-likeness (QED) is 0.457. The number of piperazine rings is 2. The lowest BCUT2D eigenvalue weighted by Crippen LogP contribution is -2.54. The van der Waals surface area contributed by atoms with E-state index in [2.05, 4.69) is 29.9 Å². The van der Waals surface area contributed by atoms with Crippen molar-refractivity contribution in [3.05, 3.63) is 48.5 Å². The first-order chi connectivity index (χ1) is 17.6. The second-order valence-corrected chi connectivity index (χ2v) is 9.41. The summed E-state index contributed by atoms with van der Waals surface area (Å²) in [6.07, 6.45) is 3.37. The summed E-state index contributed by atoms with van der Waals surface area (Å²) in [4.78, 5) is 46.1. The summed E-state index contributed by atoms with van der Waals surface area (Å²) in [7, 11) is 1.87. The average Bonchev–Trinajstić information content (AvgIpc) is 3.52. The van der Waals surface area contributed by atoms with E-state index in [4.69, 9.17) is 0 Å². The molecule has 2 fully saturated rings. The van der Waals surface area contributed by atoms with E-state index in [0.717, 1.165) is 40.8 Å². The van der Waals surface area contributed by atoms with E-state index in [-0.39, 0.29) is 11.8 Å². The molecule has 2 saturated heterocycles. The molecule has 1 aromatic carbocycles. The lowest BCUT2D eigenvalue weighted by Gasteiger charge is -2.38. The van der Waals surface area contributed by atoms with Crippen molar-refractivity contribution >= 4 is 39.6 Å². The van der Waals surface area contributed by atoms with Crippen molar-refractivity contribution in [1.82, 2.24) is 39.4 Å². The van der Waals surface area contributed by atoms with E-state index >= 15 is 0 Å². The first-order valence-corrected chi connectivity index (χ1v) is 12.3. The predicted molar refractivity (Wildman–Crippen MR) is 136 cm³/mol. The molecule has 0 radical (unpaired) electrons. The molecular weight excluding hydrogens is 458 g/mol. The third-order valence-electron chi connectivity index (χ3n) is 7.22. The molecule has 186 valence electrons. The number of aryl methyl sites for hydroxylation is 1. The van der Waals surface area contributed by atoms with Crippen LogP contribution in [0.3, 0.4) is 0 Å². The van der Waals surface area contributed by atoms with Crippen LogP contribution >= 0.6 is 0 Å². The second kappa shape index (κ2) is 9.23. The van der Waals surface area contributed by atoms with E-state index in [9.17, 15) is 9.59 Å². The van der Waals surface area contributed by atoms with Crippen LogP contribution in [0.5, 0.6) is 0 Å². The molecule has 2 amide bonds. The predicted octanol–water partition coefficient (Wildman–Crippen LogP) is 0.951. The fraction of sp³-hybridized carbons (Fsp3) is 0.400. The Labute approximate surface area is 208 Å². The largest absolute Gasteiger partial charge is 0.352 e. The molecule has 0 aliphatic carbocycles. The molecule has 2 aliphatic heterocycles. The maximum Gasteiger partial charge on any atom is 0.270 e. The molecular formula is C25H29N9O2. The summed E-state index contributed by atoms with van der Waals surface area (Å²) in [6.45, 7) is 5.75. The maximum absolute atomic E-state index is 13.0. The highest BCUT2D eigenvalue weighted by Crippen LogP contribution is 2.23. The molecule has 4 aromatic rings. The van der Waals surface area contributed by atoms with Crippen LogP contribution in [-0.2, 0) is 11.8 Å². The van der Waals surface area contributed by atoms with E-state index < -0.39 is 0 Å². The van der Waals surface area contributed by atoms with E-state index in [0.29, 0.717) is 51.5 Å². The van der Waals surface area contributed by atoms with Gasteiger partial charge in [0.05, 0.1) is 18.1 Å². The Morgan fingerprint density at radius 1 is 0.944 bits per heavy atom. The molecule has 0 atom stereocenters. The Balaban J connectivity index is 1.00. The Morgan fingerprint density at radius 3 is 2.47 bits per heavy atom. The lowest BCUT2D eigenvalue weighted by atomic mass is 10.2. The number of benzene rings is 1. The highest BCUT2D eigenvalue weighted by Gasteiger charge is 2.28. The summed E-state index contributed by atoms with van der Waals surface area (Å²) >= 11 is 0. The summed E-state index contributed by atoms with van der Waals surface area (Å²) in [6, 6.07) is 9.81. The van der Waals surface area contributed by atoms with E-state index in [1.165, 1.54) is 0 Å². The summed E-state index contributed by atoms with van der Waals surface area (Å²) in [5, 5.41) is 6.26. The maximum atomic E-state index is 13.0. The van der Waals surface area contributed by atoms with Crippen LogP contribution in [0, 0.1) is 0 Å². The highest BCUT2D eigenvalue weighted by atomic mass is 16.2. The Morgan fingerprint density at radius 2 is 1.69 bits per heavy atom. The van der Waals surface area contributed by atoms with Crippen LogP contribution in [0.25, 0.3) is 21.9 Å². The van der Waals surface area contributed by atoms with Gasteiger partial charge >= 0.3 is 0 Å². The zero-order valence-corrected chi connectivity index (χ0v) is 20.3. The number of anilines is 1. The topological polar surface area (TPSA) is 106 Å². The summed E-state index contributed by atoms with van der Waals surface area (Å²) in [5.41, 5.74) is 2.39. The number of amides is 2. The van der Waals surface area contributed by atoms with Crippen LogP contribution in [0.15, 0.2) is 42.9 Å². The Hall–Kier alpha value is -3.99. The van der Waals surface area contributed by atoms with Gasteiger partial charge in [-0.15, -0.1) is 0 Å². The number of para-hydroxylation sites is 1. The van der Waals surface area contributed by atoms with Gasteiger partial charge < -0.3 is 19.7 Å². The molecule has 0 unspecified atom stereocenters. The van der Waals surface area contributed by atoms with Gasteiger partial charge in [0.2, 0.25) is 5.91 Å². The zero-order chi connectivity index (χ0) is 24.6. The molecule has 1 N–H and O–H groups in total. The minimum atomic E-state index is 0.0146. The van der Waals surface area contributed by atoms with Crippen molar-refractivity contribution in [3.8, 4) is 0 Å². The van der Waals surface area contributed by atoms with Crippen LogP contribution in [-0.4, -0.2) is 110 Å². The molecule has 0 saturated carbocycles. The number of aromatic nitrogens is 5. The number of hydrogen-bond donors (Lipinski definition) is 1. The van der Waals surface area contributed by atoms with Crippen molar-refractivity contribution in [3.63, 3.8) is 0 Å². The number of hydrogen-bond acceptors (Lipinski definition) is 7. The number of carbonyl (C=O) groups is 2. The Kier molecular flexibility index (Phi) is 5.76. The van der Waals surface area contributed by atoms with Crippen LogP contribution in [0.1, 0.15) is 10.5 Å². The van der Waals surface area contributed by atoms with Crippen molar-refractivity contribution in [2.24, 2.45) is 7.05 Å². The third-order valence-corrected chi connectivity index (χ3v) is 7.22. The number of fused-ring (bicyclic) bond motifs is 2. The minimum Gasteiger partial charge on any atom is -0.352 e. The first kappa shape index (κ1) is 22.5. The number of nitrogens with one attached hydrogen (secondary N) is 1. The molecule has 3 aromatic heterocycles.